The molecule has 0 spiro atoms. The van der Waals surface area contributed by atoms with Crippen LogP contribution in [0.1, 0.15) is 13.3 Å². The Morgan fingerprint density at radius 1 is 1.50 bits per heavy atom. The van der Waals surface area contributed by atoms with Crippen LogP contribution in [0.3, 0.4) is 0 Å². The van der Waals surface area contributed by atoms with Crippen LogP contribution in [0.25, 0.3) is 0 Å². The SMILES string of the molecule is CCOc1cccc(NCC2CCS(=O)(=O)C2)n1. The maximum Gasteiger partial charge on any atom is 0.215 e. The van der Waals surface area contributed by atoms with Crippen LogP contribution in [0.2, 0.25) is 0 Å². The van der Waals surface area contributed by atoms with Gasteiger partial charge in [-0.05, 0) is 25.3 Å². The zero-order valence-electron chi connectivity index (χ0n) is 10.4. The number of hydrogen-bond acceptors (Lipinski definition) is 5. The number of nitrogens with zero attached hydrogens (tertiary/aromatic N) is 1. The van der Waals surface area contributed by atoms with Crippen molar-refractivity contribution in [1.82, 2.24) is 4.98 Å². The molecule has 1 N–H and O–H groups in total. The van der Waals surface area contributed by atoms with Crippen LogP contribution in [-0.2, 0) is 9.84 Å². The third kappa shape index (κ3) is 3.60. The lowest BCUT2D eigenvalue weighted by Gasteiger charge is -2.11. The summed E-state index contributed by atoms with van der Waals surface area (Å²) in [6.45, 7) is 3.13. The summed E-state index contributed by atoms with van der Waals surface area (Å²) in [5, 5.41) is 3.17. The predicted molar refractivity (Wildman–Crippen MR) is 70.7 cm³/mol. The molecule has 0 aliphatic carbocycles. The Balaban J connectivity index is 1.88. The molecule has 2 heterocycles. The van der Waals surface area contributed by atoms with E-state index < -0.39 is 9.84 Å². The molecule has 5 nitrogen and oxygen atoms in total. The maximum absolute atomic E-state index is 11.3. The quantitative estimate of drug-likeness (QED) is 0.874. The average Bonchev–Trinajstić information content (AvgIpc) is 2.68. The molecule has 1 aromatic heterocycles. The van der Waals surface area contributed by atoms with Crippen LogP contribution in [0.5, 0.6) is 5.88 Å². The zero-order chi connectivity index (χ0) is 13.0. The van der Waals surface area contributed by atoms with Crippen molar-refractivity contribution in [2.45, 2.75) is 13.3 Å². The van der Waals surface area contributed by atoms with Gasteiger partial charge in [0.15, 0.2) is 9.84 Å². The van der Waals surface area contributed by atoms with Gasteiger partial charge in [0.25, 0.3) is 0 Å². The molecule has 1 unspecified atom stereocenters. The molecule has 18 heavy (non-hydrogen) atoms. The van der Waals surface area contributed by atoms with Gasteiger partial charge in [0, 0.05) is 12.6 Å². The van der Waals surface area contributed by atoms with Gasteiger partial charge in [0.2, 0.25) is 5.88 Å². The first-order chi connectivity index (χ1) is 8.59. The van der Waals surface area contributed by atoms with Gasteiger partial charge in [-0.2, -0.15) is 4.98 Å². The first kappa shape index (κ1) is 13.1. The van der Waals surface area contributed by atoms with E-state index in [0.717, 1.165) is 12.2 Å². The van der Waals surface area contributed by atoms with Gasteiger partial charge in [-0.25, -0.2) is 8.42 Å². The summed E-state index contributed by atoms with van der Waals surface area (Å²) >= 11 is 0. The second kappa shape index (κ2) is 5.56. The molecule has 100 valence electrons. The summed E-state index contributed by atoms with van der Waals surface area (Å²) in [7, 11) is -2.80. The molecule has 1 saturated heterocycles. The van der Waals surface area contributed by atoms with E-state index in [9.17, 15) is 8.42 Å². The fourth-order valence-electron chi connectivity index (χ4n) is 2.02. The largest absolute Gasteiger partial charge is 0.478 e. The highest BCUT2D eigenvalue weighted by atomic mass is 32.2. The number of hydrogen-bond donors (Lipinski definition) is 1. The van der Waals surface area contributed by atoms with Crippen molar-refractivity contribution >= 4 is 15.7 Å². The molecule has 1 aliphatic heterocycles. The molecule has 6 heteroatoms. The van der Waals surface area contributed by atoms with Gasteiger partial charge in [0.1, 0.15) is 5.82 Å². The summed E-state index contributed by atoms with van der Waals surface area (Å²) < 4.78 is 28.0. The summed E-state index contributed by atoms with van der Waals surface area (Å²) in [6.07, 6.45) is 0.737. The Morgan fingerprint density at radius 2 is 2.33 bits per heavy atom. The number of anilines is 1. The molecular weight excluding hydrogens is 252 g/mol. The molecule has 2 rings (SSSR count). The van der Waals surface area contributed by atoms with E-state index in [2.05, 4.69) is 10.3 Å². The van der Waals surface area contributed by atoms with Crippen LogP contribution >= 0.6 is 0 Å². The van der Waals surface area contributed by atoms with Gasteiger partial charge in [-0.15, -0.1) is 0 Å². The van der Waals surface area contributed by atoms with Crippen molar-refractivity contribution in [3.63, 3.8) is 0 Å². The minimum atomic E-state index is -2.80. The normalized spacial score (nSPS) is 21.7. The van der Waals surface area contributed by atoms with Crippen molar-refractivity contribution in [2.75, 3.05) is 30.0 Å². The second-order valence-corrected chi connectivity index (χ2v) is 6.67. The fraction of sp³-hybridized carbons (Fsp3) is 0.583. The minimum absolute atomic E-state index is 0.188. The zero-order valence-corrected chi connectivity index (χ0v) is 11.2. The summed E-state index contributed by atoms with van der Waals surface area (Å²) in [5.41, 5.74) is 0. The summed E-state index contributed by atoms with van der Waals surface area (Å²) in [5.74, 6) is 2.09. The highest BCUT2D eigenvalue weighted by Gasteiger charge is 2.27. The molecule has 0 aromatic carbocycles. The van der Waals surface area contributed by atoms with Crippen molar-refractivity contribution in [2.24, 2.45) is 5.92 Å². The number of ether oxygens (including phenoxy) is 1. The molecule has 1 aliphatic rings. The molecule has 0 saturated carbocycles. The van der Waals surface area contributed by atoms with Crippen LogP contribution in [0, 0.1) is 5.92 Å². The van der Waals surface area contributed by atoms with Crippen LogP contribution < -0.4 is 10.1 Å². The lowest BCUT2D eigenvalue weighted by atomic mass is 10.1. The minimum Gasteiger partial charge on any atom is -0.478 e. The lowest BCUT2D eigenvalue weighted by Crippen LogP contribution is -2.16. The fourth-order valence-corrected chi connectivity index (χ4v) is 3.89. The molecule has 1 fully saturated rings. The Bertz CT molecular complexity index is 502. The van der Waals surface area contributed by atoms with E-state index in [-0.39, 0.29) is 11.7 Å². The van der Waals surface area contributed by atoms with E-state index >= 15 is 0 Å². The van der Waals surface area contributed by atoms with Gasteiger partial charge >= 0.3 is 0 Å². The Kier molecular flexibility index (Phi) is 4.06. The maximum atomic E-state index is 11.3. The molecular formula is C12H18N2O3S. The van der Waals surface area contributed by atoms with E-state index in [4.69, 9.17) is 4.74 Å². The average molecular weight is 270 g/mol. The van der Waals surface area contributed by atoms with Crippen LogP contribution in [0.4, 0.5) is 5.82 Å². The highest BCUT2D eigenvalue weighted by Crippen LogP contribution is 2.19. The van der Waals surface area contributed by atoms with Gasteiger partial charge < -0.3 is 10.1 Å². The van der Waals surface area contributed by atoms with Gasteiger partial charge in [-0.1, -0.05) is 6.07 Å². The van der Waals surface area contributed by atoms with E-state index in [1.807, 2.05) is 19.1 Å². The summed E-state index contributed by atoms with van der Waals surface area (Å²) in [4.78, 5) is 4.28. The molecule has 0 bridgehead atoms. The van der Waals surface area contributed by atoms with Crippen molar-refractivity contribution in [1.29, 1.82) is 0 Å². The second-order valence-electron chi connectivity index (χ2n) is 4.44. The Hall–Kier alpha value is -1.30. The number of rotatable bonds is 5. The first-order valence-electron chi connectivity index (χ1n) is 6.13. The number of pyridine rings is 1. The number of nitrogens with one attached hydrogen (secondary N) is 1. The van der Waals surface area contributed by atoms with E-state index in [0.29, 0.717) is 24.8 Å². The third-order valence-electron chi connectivity index (χ3n) is 2.91. The van der Waals surface area contributed by atoms with Gasteiger partial charge in [-0.3, -0.25) is 0 Å². The van der Waals surface area contributed by atoms with Gasteiger partial charge in [0.05, 0.1) is 18.1 Å². The Morgan fingerprint density at radius 3 is 3.00 bits per heavy atom. The topological polar surface area (TPSA) is 68.3 Å². The highest BCUT2D eigenvalue weighted by molar-refractivity contribution is 7.91. The Labute approximate surface area is 107 Å². The lowest BCUT2D eigenvalue weighted by molar-refractivity contribution is 0.327. The molecule has 1 atom stereocenters. The van der Waals surface area contributed by atoms with Crippen molar-refractivity contribution in [3.05, 3.63) is 18.2 Å². The van der Waals surface area contributed by atoms with E-state index in [1.54, 1.807) is 6.07 Å². The van der Waals surface area contributed by atoms with Crippen LogP contribution in [0.15, 0.2) is 18.2 Å². The third-order valence-corrected chi connectivity index (χ3v) is 4.75. The van der Waals surface area contributed by atoms with Crippen molar-refractivity contribution in [3.8, 4) is 5.88 Å². The molecule has 0 amide bonds. The number of aromatic nitrogens is 1. The predicted octanol–water partition coefficient (Wildman–Crippen LogP) is 1.33. The first-order valence-corrected chi connectivity index (χ1v) is 7.95. The van der Waals surface area contributed by atoms with Crippen molar-refractivity contribution < 1.29 is 13.2 Å². The van der Waals surface area contributed by atoms with Crippen LogP contribution in [-0.4, -0.2) is 38.1 Å². The summed E-state index contributed by atoms with van der Waals surface area (Å²) in [6, 6.07) is 5.52. The van der Waals surface area contributed by atoms with E-state index in [1.165, 1.54) is 0 Å². The number of sulfone groups is 1. The smallest absolute Gasteiger partial charge is 0.215 e. The standard InChI is InChI=1S/C12H18N2O3S/c1-2-17-12-5-3-4-11(14-12)13-8-10-6-7-18(15,16)9-10/h3-5,10H,2,6-9H2,1H3,(H,13,14). The monoisotopic (exact) mass is 270 g/mol. The molecule has 1 aromatic rings. The molecule has 0 radical (unpaired) electrons.